The molecule has 2 rings (SSSR count). The number of rotatable bonds is 5. The van der Waals surface area contributed by atoms with Crippen LogP contribution in [-0.4, -0.2) is 6.54 Å². The molecular formula is C18H29N. The fourth-order valence-corrected chi connectivity index (χ4v) is 3.44. The number of aryl methyl sites for hydroxylation is 2. The first-order chi connectivity index (χ1) is 9.17. The first-order valence-electron chi connectivity index (χ1n) is 7.95. The van der Waals surface area contributed by atoms with Crippen LogP contribution in [0.4, 0.5) is 0 Å². The van der Waals surface area contributed by atoms with E-state index in [1.54, 1.807) is 0 Å². The largest absolute Gasteiger partial charge is 0.312 e. The van der Waals surface area contributed by atoms with Crippen LogP contribution in [0.25, 0.3) is 0 Å². The second-order valence-corrected chi connectivity index (χ2v) is 6.42. The highest BCUT2D eigenvalue weighted by Gasteiger charge is 2.19. The van der Waals surface area contributed by atoms with Gasteiger partial charge in [-0.2, -0.15) is 0 Å². The first kappa shape index (κ1) is 14.6. The monoisotopic (exact) mass is 259 g/mol. The maximum absolute atomic E-state index is 3.66. The minimum atomic E-state index is 0.911. The molecule has 1 aliphatic carbocycles. The molecule has 0 radical (unpaired) electrons. The maximum atomic E-state index is 3.66. The van der Waals surface area contributed by atoms with E-state index in [1.807, 2.05) is 0 Å². The third kappa shape index (κ3) is 4.65. The standard InChI is InChI=1S/C18H29N/c1-4-16-5-7-17(8-6-16)12-19-13-18-10-14(2)9-15(3)11-18/h9-11,16-17,19H,4-8,12-13H2,1-3H3. The predicted molar refractivity (Wildman–Crippen MR) is 83.4 cm³/mol. The summed E-state index contributed by atoms with van der Waals surface area (Å²) in [5.74, 6) is 1.92. The molecule has 1 nitrogen and oxygen atoms in total. The Balaban J connectivity index is 1.72. The zero-order valence-corrected chi connectivity index (χ0v) is 12.8. The Morgan fingerprint density at radius 2 is 1.53 bits per heavy atom. The van der Waals surface area contributed by atoms with Crippen LogP contribution in [0.5, 0.6) is 0 Å². The van der Waals surface area contributed by atoms with Crippen molar-refractivity contribution in [3.63, 3.8) is 0 Å². The van der Waals surface area contributed by atoms with Gasteiger partial charge >= 0.3 is 0 Å². The molecule has 1 saturated carbocycles. The van der Waals surface area contributed by atoms with Crippen molar-refractivity contribution in [3.8, 4) is 0 Å². The summed E-state index contributed by atoms with van der Waals surface area (Å²) in [4.78, 5) is 0. The van der Waals surface area contributed by atoms with Crippen molar-refractivity contribution in [2.75, 3.05) is 6.54 Å². The Morgan fingerprint density at radius 3 is 2.11 bits per heavy atom. The van der Waals surface area contributed by atoms with Crippen molar-refractivity contribution in [2.24, 2.45) is 11.8 Å². The van der Waals surface area contributed by atoms with E-state index in [-0.39, 0.29) is 0 Å². The quantitative estimate of drug-likeness (QED) is 0.814. The van der Waals surface area contributed by atoms with Gasteiger partial charge < -0.3 is 5.32 Å². The summed E-state index contributed by atoms with van der Waals surface area (Å²) in [5, 5.41) is 3.66. The lowest BCUT2D eigenvalue weighted by Crippen LogP contribution is -2.26. The fraction of sp³-hybridized carbons (Fsp3) is 0.667. The zero-order chi connectivity index (χ0) is 13.7. The van der Waals surface area contributed by atoms with Gasteiger partial charge in [-0.15, -0.1) is 0 Å². The topological polar surface area (TPSA) is 12.0 Å². The smallest absolute Gasteiger partial charge is 0.0205 e. The Hall–Kier alpha value is -0.820. The first-order valence-corrected chi connectivity index (χ1v) is 7.95. The van der Waals surface area contributed by atoms with Crippen LogP contribution in [0.3, 0.4) is 0 Å². The summed E-state index contributed by atoms with van der Waals surface area (Å²) in [5.41, 5.74) is 4.18. The van der Waals surface area contributed by atoms with Gasteiger partial charge in [-0.05, 0) is 50.6 Å². The van der Waals surface area contributed by atoms with Gasteiger partial charge in [0.15, 0.2) is 0 Å². The Labute approximate surface area is 118 Å². The lowest BCUT2D eigenvalue weighted by Gasteiger charge is -2.28. The van der Waals surface area contributed by atoms with Gasteiger partial charge in [0, 0.05) is 6.54 Å². The summed E-state index contributed by atoms with van der Waals surface area (Å²) in [6.07, 6.45) is 7.14. The predicted octanol–water partition coefficient (Wildman–Crippen LogP) is 4.61. The summed E-state index contributed by atoms with van der Waals surface area (Å²) in [6.45, 7) is 8.92. The molecule has 1 heteroatoms. The molecule has 0 amide bonds. The van der Waals surface area contributed by atoms with Crippen molar-refractivity contribution in [2.45, 2.75) is 59.4 Å². The van der Waals surface area contributed by atoms with E-state index in [4.69, 9.17) is 0 Å². The number of hydrogen-bond donors (Lipinski definition) is 1. The lowest BCUT2D eigenvalue weighted by molar-refractivity contribution is 0.262. The number of nitrogens with one attached hydrogen (secondary N) is 1. The van der Waals surface area contributed by atoms with Crippen molar-refractivity contribution in [1.29, 1.82) is 0 Å². The average molecular weight is 259 g/mol. The van der Waals surface area contributed by atoms with Gasteiger partial charge in [0.05, 0.1) is 0 Å². The van der Waals surface area contributed by atoms with Crippen molar-refractivity contribution < 1.29 is 0 Å². The normalized spacial score (nSPS) is 23.5. The second kappa shape index (κ2) is 7.09. The molecule has 1 N–H and O–H groups in total. The van der Waals surface area contributed by atoms with Crippen LogP contribution in [-0.2, 0) is 6.54 Å². The van der Waals surface area contributed by atoms with E-state index in [2.05, 4.69) is 44.3 Å². The van der Waals surface area contributed by atoms with Crippen LogP contribution in [0.15, 0.2) is 18.2 Å². The van der Waals surface area contributed by atoms with Crippen molar-refractivity contribution in [1.82, 2.24) is 5.32 Å². The molecule has 1 aromatic carbocycles. The van der Waals surface area contributed by atoms with Gasteiger partial charge in [-0.3, -0.25) is 0 Å². The van der Waals surface area contributed by atoms with Gasteiger partial charge in [0.25, 0.3) is 0 Å². The Bertz CT molecular complexity index is 368. The molecule has 0 heterocycles. The third-order valence-electron chi connectivity index (χ3n) is 4.59. The molecule has 106 valence electrons. The van der Waals surface area contributed by atoms with Gasteiger partial charge in [0.1, 0.15) is 0 Å². The Kier molecular flexibility index (Phi) is 5.45. The fourth-order valence-electron chi connectivity index (χ4n) is 3.44. The van der Waals surface area contributed by atoms with E-state index in [0.29, 0.717) is 0 Å². The van der Waals surface area contributed by atoms with Gasteiger partial charge in [0.2, 0.25) is 0 Å². The van der Waals surface area contributed by atoms with Crippen LogP contribution in [0, 0.1) is 25.7 Å². The van der Waals surface area contributed by atoms with E-state index >= 15 is 0 Å². The van der Waals surface area contributed by atoms with Gasteiger partial charge in [-0.1, -0.05) is 55.5 Å². The lowest BCUT2D eigenvalue weighted by atomic mass is 9.81. The van der Waals surface area contributed by atoms with Crippen LogP contribution in [0.1, 0.15) is 55.7 Å². The highest BCUT2D eigenvalue weighted by atomic mass is 14.9. The van der Waals surface area contributed by atoms with Crippen molar-refractivity contribution >= 4 is 0 Å². The summed E-state index contributed by atoms with van der Waals surface area (Å²) < 4.78 is 0. The maximum Gasteiger partial charge on any atom is 0.0205 e. The zero-order valence-electron chi connectivity index (χ0n) is 12.8. The molecule has 0 aromatic heterocycles. The molecule has 0 bridgehead atoms. The molecule has 1 aromatic rings. The summed E-state index contributed by atoms with van der Waals surface area (Å²) in [7, 11) is 0. The molecule has 0 saturated heterocycles. The molecule has 0 unspecified atom stereocenters. The molecule has 19 heavy (non-hydrogen) atoms. The summed E-state index contributed by atoms with van der Waals surface area (Å²) >= 11 is 0. The van der Waals surface area contributed by atoms with E-state index in [0.717, 1.165) is 18.4 Å². The third-order valence-corrected chi connectivity index (χ3v) is 4.59. The minimum Gasteiger partial charge on any atom is -0.312 e. The molecular weight excluding hydrogens is 230 g/mol. The van der Waals surface area contributed by atoms with E-state index < -0.39 is 0 Å². The van der Waals surface area contributed by atoms with Gasteiger partial charge in [-0.25, -0.2) is 0 Å². The number of hydrogen-bond acceptors (Lipinski definition) is 1. The van der Waals surface area contributed by atoms with Crippen LogP contribution in [0.2, 0.25) is 0 Å². The van der Waals surface area contributed by atoms with Crippen LogP contribution >= 0.6 is 0 Å². The molecule has 0 spiro atoms. The highest BCUT2D eigenvalue weighted by Crippen LogP contribution is 2.30. The highest BCUT2D eigenvalue weighted by molar-refractivity contribution is 5.28. The SMILES string of the molecule is CCC1CCC(CNCc2cc(C)cc(C)c2)CC1. The molecule has 1 fully saturated rings. The summed E-state index contributed by atoms with van der Waals surface area (Å²) in [6, 6.07) is 6.84. The Morgan fingerprint density at radius 1 is 0.947 bits per heavy atom. The molecule has 0 atom stereocenters. The van der Waals surface area contributed by atoms with E-state index in [9.17, 15) is 0 Å². The minimum absolute atomic E-state index is 0.911. The van der Waals surface area contributed by atoms with Crippen molar-refractivity contribution in [3.05, 3.63) is 34.9 Å². The molecule has 0 aliphatic heterocycles. The molecule has 1 aliphatic rings. The van der Waals surface area contributed by atoms with Crippen LogP contribution < -0.4 is 5.32 Å². The second-order valence-electron chi connectivity index (χ2n) is 6.42. The van der Waals surface area contributed by atoms with E-state index in [1.165, 1.54) is 55.3 Å². The number of benzene rings is 1. The average Bonchev–Trinajstić information content (AvgIpc) is 2.38.